The van der Waals surface area contributed by atoms with Crippen LogP contribution >= 0.6 is 0 Å². The summed E-state index contributed by atoms with van der Waals surface area (Å²) in [5.41, 5.74) is 0.572. The van der Waals surface area contributed by atoms with Crippen LogP contribution in [0.2, 0.25) is 0 Å². The maximum Gasteiger partial charge on any atom is 0.407 e. The van der Waals surface area contributed by atoms with Crippen LogP contribution in [0.5, 0.6) is 0 Å². The number of hydrogen-bond acceptors (Lipinski definition) is 3. The van der Waals surface area contributed by atoms with Crippen LogP contribution in [0.25, 0.3) is 0 Å². The van der Waals surface area contributed by atoms with Gasteiger partial charge in [0.15, 0.2) is 0 Å². The Balaban J connectivity index is 1.72. The van der Waals surface area contributed by atoms with E-state index in [1.165, 1.54) is 24.3 Å². The lowest BCUT2D eigenvalue weighted by Gasteiger charge is -2.32. The highest BCUT2D eigenvalue weighted by atomic mass is 19.1. The number of ether oxygens (including phenoxy) is 1. The quantitative estimate of drug-likeness (QED) is 0.895. The molecule has 126 valence electrons. The van der Waals surface area contributed by atoms with E-state index in [1.54, 1.807) is 11.8 Å². The highest BCUT2D eigenvalue weighted by Crippen LogP contribution is 2.18. The van der Waals surface area contributed by atoms with E-state index in [0.717, 1.165) is 12.8 Å². The Hall–Kier alpha value is -2.31. The summed E-state index contributed by atoms with van der Waals surface area (Å²) >= 11 is 0. The van der Waals surface area contributed by atoms with Crippen molar-refractivity contribution in [3.63, 3.8) is 0 Å². The van der Waals surface area contributed by atoms with E-state index >= 15 is 0 Å². The number of amides is 3. The molecule has 1 aromatic rings. The summed E-state index contributed by atoms with van der Waals surface area (Å²) in [4.78, 5) is 25.1. The smallest absolute Gasteiger partial charge is 0.407 e. The Morgan fingerprint density at radius 2 is 1.91 bits per heavy atom. The van der Waals surface area contributed by atoms with Gasteiger partial charge in [0.1, 0.15) is 5.82 Å². The number of nitrogens with zero attached hydrogens (tertiary/aromatic N) is 1. The largest absolute Gasteiger partial charge is 0.450 e. The molecular weight excluding hydrogens is 301 g/mol. The molecule has 0 aromatic heterocycles. The molecule has 1 aromatic carbocycles. The van der Waals surface area contributed by atoms with Crippen LogP contribution in [0.15, 0.2) is 24.3 Å². The molecule has 1 heterocycles. The maximum atomic E-state index is 12.8. The van der Waals surface area contributed by atoms with E-state index in [1.807, 2.05) is 0 Å². The fourth-order valence-electron chi connectivity index (χ4n) is 2.49. The summed E-state index contributed by atoms with van der Waals surface area (Å²) in [5, 5.41) is 5.48. The van der Waals surface area contributed by atoms with Gasteiger partial charge in [0.25, 0.3) is 0 Å². The van der Waals surface area contributed by atoms with Crippen LogP contribution in [-0.2, 0) is 4.74 Å². The standard InChI is InChI=1S/C16H22FN3O3/c1-2-23-16(22)18-11-12-7-9-20(10-8-12)15(21)19-14-5-3-13(17)4-6-14/h3-6,12H,2,7-11H2,1H3,(H,18,22)(H,19,21). The van der Waals surface area contributed by atoms with Gasteiger partial charge in [-0.3, -0.25) is 0 Å². The van der Waals surface area contributed by atoms with E-state index in [0.29, 0.717) is 37.8 Å². The summed E-state index contributed by atoms with van der Waals surface area (Å²) < 4.78 is 17.7. The van der Waals surface area contributed by atoms with Gasteiger partial charge in [0, 0.05) is 25.3 Å². The first-order chi connectivity index (χ1) is 11.1. The lowest BCUT2D eigenvalue weighted by atomic mass is 9.97. The number of piperidine rings is 1. The topological polar surface area (TPSA) is 70.7 Å². The number of carbonyl (C=O) groups excluding carboxylic acids is 2. The minimum atomic E-state index is -0.399. The maximum absolute atomic E-state index is 12.8. The molecule has 0 bridgehead atoms. The Kier molecular flexibility index (Phi) is 6.19. The van der Waals surface area contributed by atoms with Crippen LogP contribution in [0.4, 0.5) is 19.7 Å². The minimum absolute atomic E-state index is 0.187. The molecule has 0 unspecified atom stereocenters. The molecule has 1 aliphatic rings. The number of urea groups is 1. The second-order valence-electron chi connectivity index (χ2n) is 5.47. The Morgan fingerprint density at radius 1 is 1.26 bits per heavy atom. The van der Waals surface area contributed by atoms with Gasteiger partial charge in [-0.2, -0.15) is 0 Å². The fourth-order valence-corrected chi connectivity index (χ4v) is 2.49. The number of carbonyl (C=O) groups is 2. The summed E-state index contributed by atoms with van der Waals surface area (Å²) in [6.07, 6.45) is 1.25. The highest BCUT2D eigenvalue weighted by molar-refractivity contribution is 5.89. The fraction of sp³-hybridized carbons (Fsp3) is 0.500. The number of halogens is 1. The van der Waals surface area contributed by atoms with E-state index in [9.17, 15) is 14.0 Å². The van der Waals surface area contributed by atoms with Gasteiger partial charge < -0.3 is 20.3 Å². The third kappa shape index (κ3) is 5.43. The van der Waals surface area contributed by atoms with Crippen molar-refractivity contribution in [2.75, 3.05) is 31.6 Å². The van der Waals surface area contributed by atoms with Gasteiger partial charge in [-0.05, 0) is 49.9 Å². The molecule has 0 radical (unpaired) electrons. The van der Waals surface area contributed by atoms with Gasteiger partial charge in [0.2, 0.25) is 0 Å². The third-order valence-electron chi connectivity index (χ3n) is 3.81. The summed E-state index contributed by atoms with van der Waals surface area (Å²) in [6, 6.07) is 5.49. The number of likely N-dealkylation sites (tertiary alicyclic amines) is 1. The molecule has 1 saturated heterocycles. The van der Waals surface area contributed by atoms with Gasteiger partial charge >= 0.3 is 12.1 Å². The zero-order valence-corrected chi connectivity index (χ0v) is 13.2. The van der Waals surface area contributed by atoms with Crippen LogP contribution in [0, 0.1) is 11.7 Å². The van der Waals surface area contributed by atoms with Crippen molar-refractivity contribution < 1.29 is 18.7 Å². The van der Waals surface area contributed by atoms with Crippen molar-refractivity contribution in [1.82, 2.24) is 10.2 Å². The molecule has 1 aliphatic heterocycles. The zero-order valence-electron chi connectivity index (χ0n) is 13.2. The number of benzene rings is 1. The average molecular weight is 323 g/mol. The molecule has 6 nitrogen and oxygen atoms in total. The molecule has 0 saturated carbocycles. The SMILES string of the molecule is CCOC(=O)NCC1CCN(C(=O)Nc2ccc(F)cc2)CC1. The van der Waals surface area contributed by atoms with Gasteiger partial charge in [0.05, 0.1) is 6.61 Å². The Morgan fingerprint density at radius 3 is 2.52 bits per heavy atom. The zero-order chi connectivity index (χ0) is 16.7. The van der Waals surface area contributed by atoms with Crippen molar-refractivity contribution >= 4 is 17.8 Å². The molecule has 0 aliphatic carbocycles. The first-order valence-electron chi connectivity index (χ1n) is 7.80. The highest BCUT2D eigenvalue weighted by Gasteiger charge is 2.23. The Bertz CT molecular complexity index is 528. The second kappa shape index (κ2) is 8.36. The molecule has 7 heteroatoms. The predicted molar refractivity (Wildman–Crippen MR) is 84.7 cm³/mol. The van der Waals surface area contributed by atoms with Crippen molar-refractivity contribution in [2.45, 2.75) is 19.8 Å². The number of hydrogen-bond donors (Lipinski definition) is 2. The number of alkyl carbamates (subject to hydrolysis) is 1. The first kappa shape index (κ1) is 17.1. The molecule has 0 spiro atoms. The van der Waals surface area contributed by atoms with E-state index < -0.39 is 6.09 Å². The average Bonchev–Trinajstić information content (AvgIpc) is 2.56. The van der Waals surface area contributed by atoms with Gasteiger partial charge in [-0.1, -0.05) is 0 Å². The molecule has 1 fully saturated rings. The van der Waals surface area contributed by atoms with Crippen LogP contribution in [0.1, 0.15) is 19.8 Å². The van der Waals surface area contributed by atoms with Crippen LogP contribution < -0.4 is 10.6 Å². The van der Waals surface area contributed by atoms with Gasteiger partial charge in [-0.25, -0.2) is 14.0 Å². The monoisotopic (exact) mass is 323 g/mol. The molecule has 23 heavy (non-hydrogen) atoms. The van der Waals surface area contributed by atoms with Gasteiger partial charge in [-0.15, -0.1) is 0 Å². The summed E-state index contributed by atoms with van der Waals surface area (Å²) in [5.74, 6) is 0.00666. The predicted octanol–water partition coefficient (Wildman–Crippen LogP) is 2.82. The van der Waals surface area contributed by atoms with Crippen molar-refractivity contribution in [2.24, 2.45) is 5.92 Å². The van der Waals surface area contributed by atoms with Crippen molar-refractivity contribution in [1.29, 1.82) is 0 Å². The second-order valence-corrected chi connectivity index (χ2v) is 5.47. The molecule has 2 rings (SSSR count). The minimum Gasteiger partial charge on any atom is -0.450 e. The third-order valence-corrected chi connectivity index (χ3v) is 3.81. The molecule has 0 atom stereocenters. The molecular formula is C16H22FN3O3. The summed E-state index contributed by atoms with van der Waals surface area (Å²) in [6.45, 7) is 3.93. The van der Waals surface area contributed by atoms with E-state index in [-0.39, 0.29) is 11.8 Å². The first-order valence-corrected chi connectivity index (χ1v) is 7.80. The summed E-state index contributed by atoms with van der Waals surface area (Å²) in [7, 11) is 0. The van der Waals surface area contributed by atoms with E-state index in [4.69, 9.17) is 4.74 Å². The normalized spacial score (nSPS) is 15.1. The van der Waals surface area contributed by atoms with Crippen molar-refractivity contribution in [3.8, 4) is 0 Å². The lowest BCUT2D eigenvalue weighted by Crippen LogP contribution is -2.43. The van der Waals surface area contributed by atoms with Crippen LogP contribution in [0.3, 0.4) is 0 Å². The number of anilines is 1. The molecule has 2 N–H and O–H groups in total. The number of nitrogens with one attached hydrogen (secondary N) is 2. The molecule has 3 amide bonds. The van der Waals surface area contributed by atoms with Crippen LogP contribution in [-0.4, -0.2) is 43.3 Å². The Labute approximate surface area is 135 Å². The van der Waals surface area contributed by atoms with E-state index in [2.05, 4.69) is 10.6 Å². The van der Waals surface area contributed by atoms with Crippen molar-refractivity contribution in [3.05, 3.63) is 30.1 Å². The number of rotatable bonds is 4. The lowest BCUT2D eigenvalue weighted by molar-refractivity contribution is 0.145.